The predicted molar refractivity (Wildman–Crippen MR) is 165 cm³/mol. The number of aldehydes is 1. The number of hydrogen-bond donors (Lipinski definition) is 5. The molecule has 0 unspecified atom stereocenters. The zero-order chi connectivity index (χ0) is 30.3. The minimum absolute atomic E-state index is 0.0289. The van der Waals surface area contributed by atoms with Crippen molar-refractivity contribution in [2.45, 2.75) is 57.4 Å². The van der Waals surface area contributed by atoms with Gasteiger partial charge >= 0.3 is 11.9 Å². The number of carboxylic acid groups (broad SMARTS) is 2. The van der Waals surface area contributed by atoms with Crippen LogP contribution in [-0.4, -0.2) is 47.6 Å². The van der Waals surface area contributed by atoms with Crippen LogP contribution in [-0.2, 0) is 16.0 Å². The predicted octanol–water partition coefficient (Wildman–Crippen LogP) is 5.14. The SMILES string of the molecule is NCCC[C@H](N)C(=O)O.NCCc1ccccc1.O=C(O)C1CCCCC1.O=Cc1ccc(-c2ccccc2)cc1. The van der Waals surface area contributed by atoms with Gasteiger partial charge in [-0.05, 0) is 61.9 Å². The van der Waals surface area contributed by atoms with Crippen LogP contribution in [0.1, 0.15) is 60.9 Å². The molecule has 41 heavy (non-hydrogen) atoms. The average Bonchev–Trinajstić information content (AvgIpc) is 3.02. The quantitative estimate of drug-likeness (QED) is 0.223. The lowest BCUT2D eigenvalue weighted by Gasteiger charge is -2.16. The van der Waals surface area contributed by atoms with E-state index in [-0.39, 0.29) is 5.92 Å². The van der Waals surface area contributed by atoms with Crippen molar-refractivity contribution in [1.29, 1.82) is 0 Å². The molecule has 1 aliphatic carbocycles. The van der Waals surface area contributed by atoms with Crippen LogP contribution in [0, 0.1) is 5.92 Å². The highest BCUT2D eigenvalue weighted by Crippen LogP contribution is 2.23. The van der Waals surface area contributed by atoms with Gasteiger partial charge in [0.1, 0.15) is 12.3 Å². The van der Waals surface area contributed by atoms with Gasteiger partial charge in [0.15, 0.2) is 0 Å². The third-order valence-electron chi connectivity index (χ3n) is 6.42. The Balaban J connectivity index is 0.000000280. The lowest BCUT2D eigenvalue weighted by Crippen LogP contribution is -2.30. The molecule has 1 saturated carbocycles. The Morgan fingerprint density at radius 2 is 1.32 bits per heavy atom. The first kappa shape index (κ1) is 35.2. The Morgan fingerprint density at radius 3 is 1.76 bits per heavy atom. The maximum Gasteiger partial charge on any atom is 0.320 e. The molecule has 0 amide bonds. The van der Waals surface area contributed by atoms with Gasteiger partial charge in [-0.25, -0.2) is 0 Å². The van der Waals surface area contributed by atoms with Crippen LogP contribution >= 0.6 is 0 Å². The molecule has 222 valence electrons. The Bertz CT molecular complexity index is 1100. The zero-order valence-electron chi connectivity index (χ0n) is 23.7. The van der Waals surface area contributed by atoms with Gasteiger partial charge in [-0.2, -0.15) is 0 Å². The first-order chi connectivity index (χ1) is 19.8. The first-order valence-electron chi connectivity index (χ1n) is 14.1. The van der Waals surface area contributed by atoms with E-state index in [0.29, 0.717) is 24.9 Å². The molecule has 0 saturated heterocycles. The summed E-state index contributed by atoms with van der Waals surface area (Å²) in [6.07, 6.45) is 8.22. The second-order valence-corrected chi connectivity index (χ2v) is 9.68. The zero-order valence-corrected chi connectivity index (χ0v) is 23.7. The van der Waals surface area contributed by atoms with E-state index in [4.69, 9.17) is 27.4 Å². The Hall–Kier alpha value is -3.85. The summed E-state index contributed by atoms with van der Waals surface area (Å²) in [5, 5.41) is 16.8. The molecule has 0 spiro atoms. The summed E-state index contributed by atoms with van der Waals surface area (Å²) in [6.45, 7) is 1.24. The Labute approximate surface area is 243 Å². The van der Waals surface area contributed by atoms with Gasteiger partial charge in [0.25, 0.3) is 0 Å². The highest BCUT2D eigenvalue weighted by molar-refractivity contribution is 5.77. The van der Waals surface area contributed by atoms with E-state index >= 15 is 0 Å². The number of rotatable bonds is 9. The van der Waals surface area contributed by atoms with Crippen molar-refractivity contribution in [2.24, 2.45) is 23.1 Å². The molecular weight excluding hydrogens is 518 g/mol. The van der Waals surface area contributed by atoms with E-state index in [1.54, 1.807) is 0 Å². The van der Waals surface area contributed by atoms with Crippen molar-refractivity contribution in [3.63, 3.8) is 0 Å². The van der Waals surface area contributed by atoms with Crippen molar-refractivity contribution in [3.05, 3.63) is 96.1 Å². The van der Waals surface area contributed by atoms with Crippen LogP contribution < -0.4 is 17.2 Å². The van der Waals surface area contributed by atoms with Gasteiger partial charge in [0.05, 0.1) is 5.92 Å². The third-order valence-corrected chi connectivity index (χ3v) is 6.42. The van der Waals surface area contributed by atoms with Gasteiger partial charge in [-0.1, -0.05) is 104 Å². The van der Waals surface area contributed by atoms with E-state index in [1.807, 2.05) is 60.7 Å². The van der Waals surface area contributed by atoms with E-state index in [0.717, 1.165) is 50.5 Å². The summed E-state index contributed by atoms with van der Waals surface area (Å²) in [5.41, 5.74) is 20.0. The number of carboxylic acids is 2. The second kappa shape index (κ2) is 21.9. The maximum absolute atomic E-state index is 10.5. The van der Waals surface area contributed by atoms with Gasteiger partial charge in [-0.3, -0.25) is 14.4 Å². The van der Waals surface area contributed by atoms with Crippen molar-refractivity contribution in [2.75, 3.05) is 13.1 Å². The fraction of sp³-hybridized carbons (Fsp3) is 0.364. The van der Waals surface area contributed by atoms with Crippen molar-refractivity contribution in [3.8, 4) is 11.1 Å². The molecule has 0 bridgehead atoms. The molecule has 1 aliphatic rings. The number of carbonyl (C=O) groups is 3. The summed E-state index contributed by atoms with van der Waals surface area (Å²) in [5.74, 6) is -1.59. The van der Waals surface area contributed by atoms with Crippen LogP contribution in [0.5, 0.6) is 0 Å². The highest BCUT2D eigenvalue weighted by Gasteiger charge is 2.19. The Morgan fingerprint density at radius 1 is 0.780 bits per heavy atom. The Kier molecular flexibility index (Phi) is 18.8. The smallest absolute Gasteiger partial charge is 0.320 e. The molecule has 8 nitrogen and oxygen atoms in total. The van der Waals surface area contributed by atoms with Gasteiger partial charge < -0.3 is 27.4 Å². The minimum atomic E-state index is -0.955. The van der Waals surface area contributed by atoms with Crippen molar-refractivity contribution >= 4 is 18.2 Å². The lowest BCUT2D eigenvalue weighted by molar-refractivity contribution is -0.142. The number of benzene rings is 3. The van der Waals surface area contributed by atoms with Gasteiger partial charge in [-0.15, -0.1) is 0 Å². The standard InChI is InChI=1S/C13H10O.C8H11N.C7H12O2.C5H12N2O2/c14-10-11-6-8-13(9-7-11)12-4-2-1-3-5-12;9-7-6-8-4-2-1-3-5-8;8-7(9)6-4-2-1-3-5-6;6-3-1-2-4(7)5(8)9/h1-10H;1-5H,6-7,9H2;6H,1-5H2,(H,8,9);4H,1-3,6-7H2,(H,8,9)/t;;;4-/m...0/s1. The maximum atomic E-state index is 10.5. The van der Waals surface area contributed by atoms with Crippen LogP contribution in [0.3, 0.4) is 0 Å². The van der Waals surface area contributed by atoms with E-state index < -0.39 is 18.0 Å². The summed E-state index contributed by atoms with van der Waals surface area (Å²) in [7, 11) is 0. The summed E-state index contributed by atoms with van der Waals surface area (Å²) in [6, 6.07) is 27.2. The fourth-order valence-corrected chi connectivity index (χ4v) is 4.01. The molecule has 0 radical (unpaired) electrons. The summed E-state index contributed by atoms with van der Waals surface area (Å²) in [4.78, 5) is 30.8. The number of hydrogen-bond acceptors (Lipinski definition) is 6. The molecule has 0 heterocycles. The van der Waals surface area contributed by atoms with Crippen LogP contribution in [0.2, 0.25) is 0 Å². The average molecular weight is 564 g/mol. The molecule has 8 heteroatoms. The molecular formula is C33H45N3O5. The van der Waals surface area contributed by atoms with Gasteiger partial charge in [0.2, 0.25) is 0 Å². The molecule has 0 aliphatic heterocycles. The largest absolute Gasteiger partial charge is 0.481 e. The topological polar surface area (TPSA) is 170 Å². The van der Waals surface area contributed by atoms with Crippen LogP contribution in [0.15, 0.2) is 84.9 Å². The molecule has 4 rings (SSSR count). The minimum Gasteiger partial charge on any atom is -0.481 e. The second-order valence-electron chi connectivity index (χ2n) is 9.68. The van der Waals surface area contributed by atoms with Crippen molar-refractivity contribution in [1.82, 2.24) is 0 Å². The molecule has 8 N–H and O–H groups in total. The number of aliphatic carboxylic acids is 2. The van der Waals surface area contributed by atoms with Gasteiger partial charge in [0, 0.05) is 5.56 Å². The highest BCUT2D eigenvalue weighted by atomic mass is 16.4. The number of carbonyl (C=O) groups excluding carboxylic acids is 1. The monoisotopic (exact) mass is 563 g/mol. The van der Waals surface area contributed by atoms with E-state index in [2.05, 4.69) is 24.3 Å². The van der Waals surface area contributed by atoms with Crippen LogP contribution in [0.4, 0.5) is 0 Å². The first-order valence-corrected chi connectivity index (χ1v) is 14.1. The van der Waals surface area contributed by atoms with E-state index in [1.165, 1.54) is 17.5 Å². The van der Waals surface area contributed by atoms with E-state index in [9.17, 15) is 14.4 Å². The van der Waals surface area contributed by atoms with Crippen molar-refractivity contribution < 1.29 is 24.6 Å². The van der Waals surface area contributed by atoms with Crippen LogP contribution in [0.25, 0.3) is 11.1 Å². The normalized spacial score (nSPS) is 13.0. The third kappa shape index (κ3) is 16.1. The molecule has 0 aromatic heterocycles. The molecule has 3 aromatic rings. The fourth-order valence-electron chi connectivity index (χ4n) is 4.01. The number of nitrogens with two attached hydrogens (primary N) is 3. The lowest BCUT2D eigenvalue weighted by atomic mass is 9.90. The molecule has 1 atom stereocenters. The molecule has 3 aromatic carbocycles. The summed E-state index contributed by atoms with van der Waals surface area (Å²) >= 11 is 0. The summed E-state index contributed by atoms with van der Waals surface area (Å²) < 4.78 is 0. The molecule has 1 fully saturated rings.